The number of rotatable bonds is 0. The van der Waals surface area contributed by atoms with Gasteiger partial charge in [-0.2, -0.15) is 0 Å². The van der Waals surface area contributed by atoms with Gasteiger partial charge in [0.15, 0.2) is 17.4 Å². The molecule has 5 heavy (non-hydrogen) atoms. The van der Waals surface area contributed by atoms with E-state index in [1.54, 1.807) is 0 Å². The summed E-state index contributed by atoms with van der Waals surface area (Å²) in [5.74, 6) is 0. The van der Waals surface area contributed by atoms with Crippen molar-refractivity contribution in [1.29, 1.82) is 0 Å². The molecule has 1 radical (unpaired) electrons. The van der Waals surface area contributed by atoms with Gasteiger partial charge in [0.1, 0.15) is 0 Å². The first-order valence-corrected chi connectivity index (χ1v) is 0. The molecule has 0 aromatic rings. The van der Waals surface area contributed by atoms with Gasteiger partial charge in [0.05, 0.1) is 8.41 Å². The maximum Gasteiger partial charge on any atom is 0.187 e. The Morgan fingerprint density at radius 3 is 1.00 bits per heavy atom. The van der Waals surface area contributed by atoms with Crippen LogP contribution in [0, 0.1) is 0 Å². The van der Waals surface area contributed by atoms with Gasteiger partial charge in [0.2, 0.25) is 0 Å². The van der Waals surface area contributed by atoms with Gasteiger partial charge in [-0.1, -0.05) is 0 Å². The number of hydrogen-bond acceptors (Lipinski definition) is 0. The summed E-state index contributed by atoms with van der Waals surface area (Å²) in [6, 6.07) is 0. The first-order valence-electron chi connectivity index (χ1n) is 0. The van der Waals surface area contributed by atoms with E-state index in [1.165, 1.54) is 0 Å². The molecule has 0 spiro atoms. The third kappa shape index (κ3) is 23.1. The molecule has 0 bridgehead atoms. The Balaban J connectivity index is 0. The first kappa shape index (κ1) is 59.4. The van der Waals surface area contributed by atoms with Crippen molar-refractivity contribution in [1.82, 2.24) is 0 Å². The summed E-state index contributed by atoms with van der Waals surface area (Å²) >= 11 is 0. The van der Waals surface area contributed by atoms with Gasteiger partial charge in [-0.15, -0.1) is 0 Å². The van der Waals surface area contributed by atoms with Crippen molar-refractivity contribution in [2.45, 2.75) is 0 Å². The Labute approximate surface area is 75.5 Å². The van der Waals surface area contributed by atoms with Crippen molar-refractivity contribution >= 4 is 25.8 Å². The SMILES string of the molecule is B.[AlH3].[Co].[Fe].[Ni]. The summed E-state index contributed by atoms with van der Waals surface area (Å²) in [5, 5.41) is 0. The molecule has 0 atom stereocenters. The molecule has 0 aliphatic carbocycles. The van der Waals surface area contributed by atoms with Gasteiger partial charge >= 0.3 is 0 Å². The molecule has 0 saturated heterocycles. The molecular weight excluding hydrogens is 211 g/mol. The molecule has 0 rings (SSSR count). The molecule has 0 aromatic carbocycles. The Hall–Kier alpha value is 2.12. The van der Waals surface area contributed by atoms with Crippen LogP contribution in [-0.4, -0.2) is 25.8 Å². The molecule has 0 unspecified atom stereocenters. The van der Waals surface area contributed by atoms with Crippen LogP contribution < -0.4 is 0 Å². The minimum absolute atomic E-state index is 0. The van der Waals surface area contributed by atoms with E-state index in [-0.39, 0.29) is 76.1 Å². The van der Waals surface area contributed by atoms with Crippen molar-refractivity contribution in [3.05, 3.63) is 0 Å². The van der Waals surface area contributed by atoms with E-state index in [4.69, 9.17) is 0 Å². The molecule has 0 aliphatic heterocycles. The minimum atomic E-state index is 0. The predicted octanol–water partition coefficient (Wildman–Crippen LogP) is -2.38. The topological polar surface area (TPSA) is 0 Å². The Morgan fingerprint density at radius 1 is 1.00 bits per heavy atom. The molecule has 0 aliphatic rings. The maximum absolute atomic E-state index is 0. The largest absolute Gasteiger partial charge is 0.187 e. The Morgan fingerprint density at radius 2 is 1.00 bits per heavy atom. The fraction of sp³-hybridized carbons (Fsp3) is 0. The smallest absolute Gasteiger partial charge is 0 e. The zero-order chi connectivity index (χ0) is 0. The molecule has 5 heteroatoms. The van der Waals surface area contributed by atoms with E-state index in [2.05, 4.69) is 0 Å². The average Bonchev–Trinajstić information content (AvgIpc) is 0. The van der Waals surface area contributed by atoms with Crippen molar-refractivity contribution < 1.29 is 50.3 Å². The van der Waals surface area contributed by atoms with Crippen LogP contribution in [0.15, 0.2) is 0 Å². The van der Waals surface area contributed by atoms with Crippen LogP contribution in [-0.2, 0) is 50.3 Å². The Kier molecular flexibility index (Phi) is 425. The zero-order valence-corrected chi connectivity index (χ0v) is 4.14. The van der Waals surface area contributed by atoms with E-state index in [9.17, 15) is 0 Å². The normalized spacial score (nSPS) is 0. The molecule has 0 nitrogen and oxygen atoms in total. The molecule has 0 saturated carbocycles. The second-order valence-electron chi connectivity index (χ2n) is 0. The van der Waals surface area contributed by atoms with Crippen molar-refractivity contribution in [2.75, 3.05) is 0 Å². The minimum Gasteiger partial charge on any atom is 0 e. The third-order valence-electron chi connectivity index (χ3n) is 0. The molecule has 39 valence electrons. The second kappa shape index (κ2) is 35.7. The third-order valence-corrected chi connectivity index (χ3v) is 0. The first-order chi connectivity index (χ1) is 0. The summed E-state index contributed by atoms with van der Waals surface area (Å²) < 4.78 is 0. The second-order valence-corrected chi connectivity index (χ2v) is 0. The maximum atomic E-state index is 0. The molecule has 0 heterocycles. The summed E-state index contributed by atoms with van der Waals surface area (Å²) in [6.07, 6.45) is 0. The number of hydrogen-bond donors (Lipinski definition) is 0. The van der Waals surface area contributed by atoms with Gasteiger partial charge in [-0.05, 0) is 0 Å². The fourth-order valence-electron chi connectivity index (χ4n) is 0. The van der Waals surface area contributed by atoms with E-state index in [0.717, 1.165) is 0 Å². The van der Waals surface area contributed by atoms with Gasteiger partial charge in [0, 0.05) is 50.3 Å². The molecule has 0 amide bonds. The molecule has 0 N–H and O–H groups in total. The average molecular weight is 217 g/mol. The van der Waals surface area contributed by atoms with E-state index in [0.29, 0.717) is 0 Å². The van der Waals surface area contributed by atoms with Crippen LogP contribution in [0.4, 0.5) is 0 Å². The van der Waals surface area contributed by atoms with E-state index in [1.807, 2.05) is 0 Å². The summed E-state index contributed by atoms with van der Waals surface area (Å²) in [6.45, 7) is 0. The summed E-state index contributed by atoms with van der Waals surface area (Å²) in [5.41, 5.74) is 0. The van der Waals surface area contributed by atoms with Gasteiger partial charge in [-0.25, -0.2) is 0 Å². The standard InChI is InChI=1S/Al.BH3.Co.Fe.Ni.3H/h;1H3;;;;;;. The van der Waals surface area contributed by atoms with Gasteiger partial charge in [-0.3, -0.25) is 0 Å². The van der Waals surface area contributed by atoms with Crippen LogP contribution in [0.25, 0.3) is 0 Å². The molecule has 0 aromatic heterocycles. The summed E-state index contributed by atoms with van der Waals surface area (Å²) in [7, 11) is 0. The quantitative estimate of drug-likeness (QED) is 0.398. The van der Waals surface area contributed by atoms with Crippen LogP contribution in [0.5, 0.6) is 0 Å². The zero-order valence-electron chi connectivity index (χ0n) is 1.00. The van der Waals surface area contributed by atoms with E-state index >= 15 is 0 Å². The monoisotopic (exact) mass is 217 g/mol. The van der Waals surface area contributed by atoms with Crippen molar-refractivity contribution in [3.8, 4) is 0 Å². The van der Waals surface area contributed by atoms with Gasteiger partial charge in [0.25, 0.3) is 0 Å². The van der Waals surface area contributed by atoms with Crippen LogP contribution in [0.3, 0.4) is 0 Å². The van der Waals surface area contributed by atoms with Crippen LogP contribution >= 0.6 is 0 Å². The fourth-order valence-corrected chi connectivity index (χ4v) is 0. The molecule has 0 fully saturated rings. The van der Waals surface area contributed by atoms with Crippen molar-refractivity contribution in [2.24, 2.45) is 0 Å². The Bertz CT molecular complexity index is 11.6. The van der Waals surface area contributed by atoms with E-state index < -0.39 is 0 Å². The molecular formula is H6AlBCoFeNi. The van der Waals surface area contributed by atoms with Crippen LogP contribution in [0.1, 0.15) is 0 Å². The summed E-state index contributed by atoms with van der Waals surface area (Å²) in [4.78, 5) is 0. The van der Waals surface area contributed by atoms with Gasteiger partial charge < -0.3 is 0 Å². The van der Waals surface area contributed by atoms with Crippen LogP contribution in [0.2, 0.25) is 0 Å². The predicted molar refractivity (Wildman–Crippen MR) is 19.9 cm³/mol. The van der Waals surface area contributed by atoms with Crippen molar-refractivity contribution in [3.63, 3.8) is 0 Å².